The highest BCUT2D eigenvalue weighted by atomic mass is 32.2. The third-order valence-electron chi connectivity index (χ3n) is 3.39. The zero-order valence-electron chi connectivity index (χ0n) is 12.0. The van der Waals surface area contributed by atoms with Crippen molar-refractivity contribution in [3.05, 3.63) is 18.3 Å². The molecule has 0 unspecified atom stereocenters. The van der Waals surface area contributed by atoms with Crippen LogP contribution in [-0.4, -0.2) is 62.4 Å². The number of hydrogen-bond acceptors (Lipinski definition) is 5. The van der Waals surface area contributed by atoms with E-state index in [2.05, 4.69) is 22.1 Å². The number of pyridine rings is 1. The molecule has 0 radical (unpaired) electrons. The molecule has 0 aromatic carbocycles. The highest BCUT2D eigenvalue weighted by molar-refractivity contribution is 7.89. The molecule has 1 saturated heterocycles. The maximum atomic E-state index is 12.6. The number of hydrogen-bond donors (Lipinski definition) is 1. The molecule has 2 heterocycles. The van der Waals surface area contributed by atoms with E-state index in [0.717, 1.165) is 26.1 Å². The molecule has 1 N–H and O–H groups in total. The number of nitrogens with one attached hydrogen (secondary N) is 1. The van der Waals surface area contributed by atoms with Gasteiger partial charge in [0.2, 0.25) is 10.0 Å². The number of likely N-dealkylation sites (N-methyl/N-ethyl adjacent to an activating group) is 1. The number of piperazine rings is 1. The van der Waals surface area contributed by atoms with Crippen LogP contribution < -0.4 is 5.32 Å². The molecule has 1 aromatic heterocycles. The smallest absolute Gasteiger partial charge is 0.243 e. The Balaban J connectivity index is 2.16. The lowest BCUT2D eigenvalue weighted by atomic mass is 10.4. The summed E-state index contributed by atoms with van der Waals surface area (Å²) in [6.45, 7) is 5.46. The zero-order chi connectivity index (χ0) is 14.6. The van der Waals surface area contributed by atoms with Gasteiger partial charge in [0.1, 0.15) is 5.82 Å². The van der Waals surface area contributed by atoms with Crippen LogP contribution in [0.25, 0.3) is 0 Å². The fourth-order valence-electron chi connectivity index (χ4n) is 2.10. The van der Waals surface area contributed by atoms with E-state index in [-0.39, 0.29) is 0 Å². The lowest BCUT2D eigenvalue weighted by Gasteiger charge is -2.31. The van der Waals surface area contributed by atoms with Gasteiger partial charge in [-0.3, -0.25) is 0 Å². The van der Waals surface area contributed by atoms with Crippen LogP contribution in [0.15, 0.2) is 23.2 Å². The van der Waals surface area contributed by atoms with Crippen LogP contribution in [0, 0.1) is 0 Å². The molecule has 0 spiro atoms. The molecule has 1 aliphatic rings. The Bertz CT molecular complexity index is 539. The van der Waals surface area contributed by atoms with E-state index in [1.165, 1.54) is 0 Å². The maximum Gasteiger partial charge on any atom is 0.243 e. The van der Waals surface area contributed by atoms with Gasteiger partial charge in [0, 0.05) is 45.0 Å². The Hall–Kier alpha value is -1.18. The van der Waals surface area contributed by atoms with E-state index < -0.39 is 10.0 Å². The van der Waals surface area contributed by atoms with Crippen molar-refractivity contribution in [1.29, 1.82) is 0 Å². The highest BCUT2D eigenvalue weighted by Crippen LogP contribution is 2.19. The van der Waals surface area contributed by atoms with Gasteiger partial charge < -0.3 is 10.2 Å². The van der Waals surface area contributed by atoms with Gasteiger partial charge in [-0.15, -0.1) is 0 Å². The summed E-state index contributed by atoms with van der Waals surface area (Å²) in [5.74, 6) is 0.613. The normalized spacial score (nSPS) is 18.1. The molecular weight excluding hydrogens is 276 g/mol. The van der Waals surface area contributed by atoms with Crippen molar-refractivity contribution in [2.75, 3.05) is 45.1 Å². The maximum absolute atomic E-state index is 12.6. The van der Waals surface area contributed by atoms with Crippen LogP contribution in [0.3, 0.4) is 0 Å². The molecule has 1 aliphatic heterocycles. The van der Waals surface area contributed by atoms with E-state index in [9.17, 15) is 8.42 Å². The molecule has 20 heavy (non-hydrogen) atoms. The third-order valence-corrected chi connectivity index (χ3v) is 5.28. The van der Waals surface area contributed by atoms with Crippen molar-refractivity contribution in [3.8, 4) is 0 Å². The van der Waals surface area contributed by atoms with E-state index in [1.807, 2.05) is 7.05 Å². The molecular formula is C13H22N4O2S. The van der Waals surface area contributed by atoms with E-state index in [1.54, 1.807) is 22.6 Å². The summed E-state index contributed by atoms with van der Waals surface area (Å²) >= 11 is 0. The summed E-state index contributed by atoms with van der Waals surface area (Å²) in [4.78, 5) is 6.59. The molecule has 6 nitrogen and oxygen atoms in total. The van der Waals surface area contributed by atoms with Crippen molar-refractivity contribution in [3.63, 3.8) is 0 Å². The number of anilines is 1. The average molecular weight is 298 g/mol. The minimum atomic E-state index is -3.41. The molecule has 2 rings (SSSR count). The second-order valence-corrected chi connectivity index (χ2v) is 6.95. The van der Waals surface area contributed by atoms with Crippen molar-refractivity contribution >= 4 is 15.8 Å². The van der Waals surface area contributed by atoms with Gasteiger partial charge >= 0.3 is 0 Å². The molecule has 0 amide bonds. The van der Waals surface area contributed by atoms with Crippen molar-refractivity contribution < 1.29 is 8.42 Å². The van der Waals surface area contributed by atoms with Crippen LogP contribution >= 0.6 is 0 Å². The summed E-state index contributed by atoms with van der Waals surface area (Å²) in [5.41, 5.74) is 0. The number of sulfonamides is 1. The first-order chi connectivity index (χ1) is 9.54. The summed E-state index contributed by atoms with van der Waals surface area (Å²) in [7, 11) is -1.40. The minimum absolute atomic E-state index is 0.315. The molecule has 0 aliphatic carbocycles. The van der Waals surface area contributed by atoms with Crippen LogP contribution in [-0.2, 0) is 10.0 Å². The Morgan fingerprint density at radius 1 is 1.30 bits per heavy atom. The second kappa shape index (κ2) is 6.51. The zero-order valence-corrected chi connectivity index (χ0v) is 12.9. The lowest BCUT2D eigenvalue weighted by molar-refractivity contribution is 0.222. The third kappa shape index (κ3) is 3.47. The highest BCUT2D eigenvalue weighted by Gasteiger charge is 2.27. The SMILES string of the molecule is CCCNc1cc(S(=O)(=O)N2CCN(C)CC2)ccn1. The van der Waals surface area contributed by atoms with E-state index in [4.69, 9.17) is 0 Å². The van der Waals surface area contributed by atoms with Crippen molar-refractivity contribution in [2.45, 2.75) is 18.2 Å². The summed E-state index contributed by atoms with van der Waals surface area (Å²) in [6.07, 6.45) is 2.51. The number of rotatable bonds is 5. The topological polar surface area (TPSA) is 65.5 Å². The largest absolute Gasteiger partial charge is 0.370 e. The molecule has 112 valence electrons. The fraction of sp³-hybridized carbons (Fsp3) is 0.615. The minimum Gasteiger partial charge on any atom is -0.370 e. The van der Waals surface area contributed by atoms with Crippen molar-refractivity contribution in [2.24, 2.45) is 0 Å². The van der Waals surface area contributed by atoms with Gasteiger partial charge in [0.25, 0.3) is 0 Å². The first-order valence-electron chi connectivity index (χ1n) is 6.92. The number of aromatic nitrogens is 1. The van der Waals surface area contributed by atoms with Crippen LogP contribution in [0.2, 0.25) is 0 Å². The summed E-state index contributed by atoms with van der Waals surface area (Å²) < 4.78 is 26.7. The Morgan fingerprint density at radius 2 is 2.00 bits per heavy atom. The number of nitrogens with zero attached hydrogens (tertiary/aromatic N) is 3. The Kier molecular flexibility index (Phi) is 4.95. The Morgan fingerprint density at radius 3 is 2.65 bits per heavy atom. The van der Waals surface area contributed by atoms with Gasteiger partial charge in [0.05, 0.1) is 4.90 Å². The molecule has 0 bridgehead atoms. The van der Waals surface area contributed by atoms with Gasteiger partial charge in [-0.05, 0) is 19.5 Å². The molecule has 1 aromatic rings. The predicted octanol–water partition coefficient (Wildman–Crippen LogP) is 0.840. The fourth-order valence-corrected chi connectivity index (χ4v) is 3.53. The molecule has 1 fully saturated rings. The first-order valence-corrected chi connectivity index (χ1v) is 8.36. The predicted molar refractivity (Wildman–Crippen MR) is 79.3 cm³/mol. The van der Waals surface area contributed by atoms with E-state index in [0.29, 0.717) is 23.8 Å². The molecule has 7 heteroatoms. The van der Waals surface area contributed by atoms with Gasteiger partial charge in [-0.1, -0.05) is 6.92 Å². The molecule has 0 atom stereocenters. The van der Waals surface area contributed by atoms with E-state index >= 15 is 0 Å². The lowest BCUT2D eigenvalue weighted by Crippen LogP contribution is -2.47. The van der Waals surface area contributed by atoms with Crippen LogP contribution in [0.1, 0.15) is 13.3 Å². The Labute approximate surface area is 120 Å². The molecule has 0 saturated carbocycles. The summed E-state index contributed by atoms with van der Waals surface area (Å²) in [6, 6.07) is 3.17. The first kappa shape index (κ1) is 15.2. The quantitative estimate of drug-likeness (QED) is 0.872. The monoisotopic (exact) mass is 298 g/mol. The standard InChI is InChI=1S/C13H22N4O2S/c1-3-5-14-13-11-12(4-6-15-13)20(18,19)17-9-7-16(2)8-10-17/h4,6,11H,3,5,7-10H2,1-2H3,(H,14,15). The van der Waals surface area contributed by atoms with Gasteiger partial charge in [0.15, 0.2) is 0 Å². The van der Waals surface area contributed by atoms with Crippen LogP contribution in [0.5, 0.6) is 0 Å². The van der Waals surface area contributed by atoms with Crippen molar-refractivity contribution in [1.82, 2.24) is 14.2 Å². The second-order valence-electron chi connectivity index (χ2n) is 5.01. The van der Waals surface area contributed by atoms with Crippen LogP contribution in [0.4, 0.5) is 5.82 Å². The van der Waals surface area contributed by atoms with Gasteiger partial charge in [-0.25, -0.2) is 13.4 Å². The van der Waals surface area contributed by atoms with Gasteiger partial charge in [-0.2, -0.15) is 4.31 Å². The summed E-state index contributed by atoms with van der Waals surface area (Å²) in [5, 5.41) is 3.11. The average Bonchev–Trinajstić information content (AvgIpc) is 2.46.